The summed E-state index contributed by atoms with van der Waals surface area (Å²) in [7, 11) is 0. The summed E-state index contributed by atoms with van der Waals surface area (Å²) >= 11 is 0. The van der Waals surface area contributed by atoms with E-state index < -0.39 is 0 Å². The Labute approximate surface area is 114 Å². The third-order valence-corrected chi connectivity index (χ3v) is 2.72. The van der Waals surface area contributed by atoms with E-state index in [0.717, 1.165) is 25.1 Å². The number of rotatable bonds is 8. The Balaban J connectivity index is 2.95. The van der Waals surface area contributed by atoms with Crippen LogP contribution < -0.4 is 21.1 Å². The normalized spacial score (nSPS) is 10.2. The van der Waals surface area contributed by atoms with Crippen LogP contribution in [0.15, 0.2) is 18.2 Å². The molecule has 0 saturated heterocycles. The van der Waals surface area contributed by atoms with Gasteiger partial charge in [0.25, 0.3) is 0 Å². The van der Waals surface area contributed by atoms with Crippen molar-refractivity contribution < 1.29 is 9.53 Å². The van der Waals surface area contributed by atoms with Crippen molar-refractivity contribution >= 4 is 17.3 Å². The summed E-state index contributed by atoms with van der Waals surface area (Å²) in [5, 5.41) is 0. The van der Waals surface area contributed by atoms with Crippen LogP contribution in [0.4, 0.5) is 11.4 Å². The van der Waals surface area contributed by atoms with Gasteiger partial charge in [-0.2, -0.15) is 0 Å². The lowest BCUT2D eigenvalue weighted by Crippen LogP contribution is -2.34. The molecule has 0 fully saturated rings. The van der Waals surface area contributed by atoms with Gasteiger partial charge < -0.3 is 21.1 Å². The molecule has 0 bridgehead atoms. The summed E-state index contributed by atoms with van der Waals surface area (Å²) in [6.45, 7) is 5.56. The first-order valence-electron chi connectivity index (χ1n) is 6.63. The summed E-state index contributed by atoms with van der Waals surface area (Å²) in [5.74, 6) is 0.361. The van der Waals surface area contributed by atoms with Crippen LogP contribution in [-0.4, -0.2) is 25.6 Å². The summed E-state index contributed by atoms with van der Waals surface area (Å²) in [5.41, 5.74) is 12.6. The number of benzene rings is 1. The van der Waals surface area contributed by atoms with Crippen molar-refractivity contribution in [3.05, 3.63) is 18.2 Å². The van der Waals surface area contributed by atoms with Crippen molar-refractivity contribution in [1.29, 1.82) is 0 Å². The SMILES string of the molecule is CCCCN(CC(N)=O)c1cc(N)cc(OCC)c1. The number of carbonyl (C=O) groups excluding carboxylic acids is 1. The summed E-state index contributed by atoms with van der Waals surface area (Å²) in [6, 6.07) is 5.49. The quantitative estimate of drug-likeness (QED) is 0.702. The maximum Gasteiger partial charge on any atom is 0.236 e. The highest BCUT2D eigenvalue weighted by atomic mass is 16.5. The number of unbranched alkanes of at least 4 members (excludes halogenated alkanes) is 1. The van der Waals surface area contributed by atoms with Gasteiger partial charge in [-0.05, 0) is 19.4 Å². The molecule has 5 nitrogen and oxygen atoms in total. The average molecular weight is 265 g/mol. The number of nitrogen functional groups attached to an aromatic ring is 1. The maximum absolute atomic E-state index is 11.2. The van der Waals surface area contributed by atoms with Crippen molar-refractivity contribution in [3.8, 4) is 5.75 Å². The summed E-state index contributed by atoms with van der Waals surface area (Å²) in [6.07, 6.45) is 2.04. The molecule has 0 heterocycles. The molecule has 1 rings (SSSR count). The van der Waals surface area contributed by atoms with Crippen molar-refractivity contribution in [1.82, 2.24) is 0 Å². The molecular weight excluding hydrogens is 242 g/mol. The smallest absolute Gasteiger partial charge is 0.236 e. The molecule has 1 amide bonds. The van der Waals surface area contributed by atoms with Gasteiger partial charge >= 0.3 is 0 Å². The van der Waals surface area contributed by atoms with E-state index in [1.807, 2.05) is 24.0 Å². The van der Waals surface area contributed by atoms with Crippen molar-refractivity contribution in [3.63, 3.8) is 0 Å². The molecule has 0 aliphatic heterocycles. The van der Waals surface area contributed by atoms with E-state index in [1.165, 1.54) is 0 Å². The lowest BCUT2D eigenvalue weighted by Gasteiger charge is -2.24. The van der Waals surface area contributed by atoms with Crippen LogP contribution in [0.5, 0.6) is 5.75 Å². The number of primary amides is 1. The number of nitrogens with two attached hydrogens (primary N) is 2. The minimum atomic E-state index is -0.350. The first-order chi connectivity index (χ1) is 9.06. The first kappa shape index (κ1) is 15.1. The number of anilines is 2. The topological polar surface area (TPSA) is 81.6 Å². The molecule has 106 valence electrons. The number of hydrogen-bond donors (Lipinski definition) is 2. The minimum absolute atomic E-state index is 0.190. The van der Waals surface area contributed by atoms with E-state index in [-0.39, 0.29) is 12.5 Å². The van der Waals surface area contributed by atoms with E-state index in [0.29, 0.717) is 18.0 Å². The Morgan fingerprint density at radius 3 is 2.63 bits per heavy atom. The third-order valence-electron chi connectivity index (χ3n) is 2.72. The van der Waals surface area contributed by atoms with Gasteiger partial charge in [0.2, 0.25) is 5.91 Å². The van der Waals surface area contributed by atoms with Crippen LogP contribution in [-0.2, 0) is 4.79 Å². The molecule has 4 N–H and O–H groups in total. The van der Waals surface area contributed by atoms with Crippen LogP contribution in [0.2, 0.25) is 0 Å². The molecule has 19 heavy (non-hydrogen) atoms. The van der Waals surface area contributed by atoms with Gasteiger partial charge in [-0.1, -0.05) is 13.3 Å². The Morgan fingerprint density at radius 2 is 2.05 bits per heavy atom. The molecular formula is C14H23N3O2. The number of carbonyl (C=O) groups is 1. The van der Waals surface area contributed by atoms with Crippen LogP contribution in [0.3, 0.4) is 0 Å². The first-order valence-corrected chi connectivity index (χ1v) is 6.63. The number of nitrogens with zero attached hydrogens (tertiary/aromatic N) is 1. The van der Waals surface area contributed by atoms with Crippen LogP contribution >= 0.6 is 0 Å². The maximum atomic E-state index is 11.2. The van der Waals surface area contributed by atoms with Gasteiger partial charge in [-0.15, -0.1) is 0 Å². The number of amides is 1. The Kier molecular flexibility index (Phi) is 5.99. The van der Waals surface area contributed by atoms with Crippen LogP contribution in [0, 0.1) is 0 Å². The average Bonchev–Trinajstić information content (AvgIpc) is 2.33. The van der Waals surface area contributed by atoms with E-state index in [2.05, 4.69) is 6.92 Å². The fraction of sp³-hybridized carbons (Fsp3) is 0.500. The molecule has 0 atom stereocenters. The molecule has 0 spiro atoms. The molecule has 0 aliphatic rings. The van der Waals surface area contributed by atoms with Gasteiger partial charge in [-0.3, -0.25) is 4.79 Å². The van der Waals surface area contributed by atoms with E-state index in [1.54, 1.807) is 6.07 Å². The second-order valence-electron chi connectivity index (χ2n) is 4.43. The Bertz CT molecular complexity index is 421. The third kappa shape index (κ3) is 5.07. The molecule has 5 heteroatoms. The van der Waals surface area contributed by atoms with E-state index in [4.69, 9.17) is 16.2 Å². The Morgan fingerprint density at radius 1 is 1.32 bits per heavy atom. The van der Waals surface area contributed by atoms with Gasteiger partial charge in [-0.25, -0.2) is 0 Å². The zero-order valence-electron chi connectivity index (χ0n) is 11.7. The highest BCUT2D eigenvalue weighted by molar-refractivity contribution is 5.80. The summed E-state index contributed by atoms with van der Waals surface area (Å²) < 4.78 is 5.46. The standard InChI is InChI=1S/C14H23N3O2/c1-3-5-6-17(10-14(16)18)12-7-11(15)8-13(9-12)19-4-2/h7-9H,3-6,10,15H2,1-2H3,(H2,16,18). The highest BCUT2D eigenvalue weighted by Crippen LogP contribution is 2.25. The molecule has 0 radical (unpaired) electrons. The second kappa shape index (κ2) is 7.51. The highest BCUT2D eigenvalue weighted by Gasteiger charge is 2.11. The van der Waals surface area contributed by atoms with Gasteiger partial charge in [0.15, 0.2) is 0 Å². The fourth-order valence-electron chi connectivity index (χ4n) is 1.87. The van der Waals surface area contributed by atoms with Crippen molar-refractivity contribution in [2.24, 2.45) is 5.73 Å². The molecule has 1 aromatic carbocycles. The fourth-order valence-corrected chi connectivity index (χ4v) is 1.87. The zero-order chi connectivity index (χ0) is 14.3. The van der Waals surface area contributed by atoms with Crippen molar-refractivity contribution in [2.45, 2.75) is 26.7 Å². The van der Waals surface area contributed by atoms with Gasteiger partial charge in [0.1, 0.15) is 5.75 Å². The second-order valence-corrected chi connectivity index (χ2v) is 4.43. The lowest BCUT2D eigenvalue weighted by molar-refractivity contribution is -0.116. The molecule has 0 unspecified atom stereocenters. The predicted molar refractivity (Wildman–Crippen MR) is 78.3 cm³/mol. The van der Waals surface area contributed by atoms with Gasteiger partial charge in [0.05, 0.1) is 13.2 Å². The van der Waals surface area contributed by atoms with E-state index >= 15 is 0 Å². The van der Waals surface area contributed by atoms with Crippen LogP contribution in [0.25, 0.3) is 0 Å². The molecule has 0 saturated carbocycles. The van der Waals surface area contributed by atoms with Crippen LogP contribution in [0.1, 0.15) is 26.7 Å². The molecule has 0 aromatic heterocycles. The molecule has 1 aromatic rings. The summed E-state index contributed by atoms with van der Waals surface area (Å²) in [4.78, 5) is 13.1. The van der Waals surface area contributed by atoms with Gasteiger partial charge in [0, 0.05) is 30.1 Å². The predicted octanol–water partition coefficient (Wildman–Crippen LogP) is 1.76. The zero-order valence-corrected chi connectivity index (χ0v) is 11.7. The minimum Gasteiger partial charge on any atom is -0.494 e. The molecule has 0 aliphatic carbocycles. The number of hydrogen-bond acceptors (Lipinski definition) is 4. The van der Waals surface area contributed by atoms with Crippen molar-refractivity contribution in [2.75, 3.05) is 30.3 Å². The monoisotopic (exact) mass is 265 g/mol. The lowest BCUT2D eigenvalue weighted by atomic mass is 10.2. The largest absolute Gasteiger partial charge is 0.494 e. The van der Waals surface area contributed by atoms with E-state index in [9.17, 15) is 4.79 Å². The Hall–Kier alpha value is -1.91. The number of ether oxygens (including phenoxy) is 1.